The summed E-state index contributed by atoms with van der Waals surface area (Å²) in [6.45, 7) is 5.92. The molecule has 0 bridgehead atoms. The van der Waals surface area contributed by atoms with Gasteiger partial charge in [-0.05, 0) is 81.5 Å². The van der Waals surface area contributed by atoms with Crippen molar-refractivity contribution < 1.29 is 27.1 Å². The number of carbonyl (C=O) groups is 1. The first-order valence-corrected chi connectivity index (χ1v) is 11.9. The molecule has 0 heterocycles. The molecule has 3 saturated carbocycles. The molecule has 7 atom stereocenters. The van der Waals surface area contributed by atoms with E-state index >= 15 is 0 Å². The van der Waals surface area contributed by atoms with E-state index < -0.39 is 22.1 Å². The minimum absolute atomic E-state index is 0.000252. The van der Waals surface area contributed by atoms with Crippen molar-refractivity contribution >= 4 is 16.2 Å². The van der Waals surface area contributed by atoms with Crippen molar-refractivity contribution in [2.24, 2.45) is 28.6 Å². The lowest BCUT2D eigenvalue weighted by Gasteiger charge is -2.58. The summed E-state index contributed by atoms with van der Waals surface area (Å²) in [4.78, 5) is 12.3. The summed E-state index contributed by atoms with van der Waals surface area (Å²) >= 11 is 0. The van der Waals surface area contributed by atoms with E-state index in [2.05, 4.69) is 19.9 Å². The molecule has 6 nitrogen and oxygen atoms in total. The fourth-order valence-corrected chi connectivity index (χ4v) is 7.98. The van der Waals surface area contributed by atoms with Gasteiger partial charge in [-0.3, -0.25) is 9.35 Å². The third-order valence-corrected chi connectivity index (χ3v) is 9.57. The third kappa shape index (κ3) is 2.84. The average molecular weight is 413 g/mol. The highest BCUT2D eigenvalue weighted by atomic mass is 32.3. The van der Waals surface area contributed by atoms with Crippen LogP contribution in [0.3, 0.4) is 0 Å². The van der Waals surface area contributed by atoms with Gasteiger partial charge < -0.3 is 5.11 Å². The molecule has 0 aromatic heterocycles. The second-order valence-electron chi connectivity index (χ2n) is 10.1. The van der Waals surface area contributed by atoms with Crippen molar-refractivity contribution in [3.8, 4) is 0 Å². The molecule has 0 aromatic rings. The zero-order valence-electron chi connectivity index (χ0n) is 17.0. The van der Waals surface area contributed by atoms with Gasteiger partial charge in [-0.15, -0.1) is 0 Å². The van der Waals surface area contributed by atoms with Gasteiger partial charge in [-0.2, -0.15) is 8.42 Å². The Labute approximate surface area is 167 Å². The number of Topliss-reactive ketones (excluding diaryl/α,β-unsaturated/α-hetero) is 1. The Balaban J connectivity index is 1.61. The van der Waals surface area contributed by atoms with Gasteiger partial charge in [0, 0.05) is 5.41 Å². The Morgan fingerprint density at radius 3 is 2.46 bits per heavy atom. The van der Waals surface area contributed by atoms with Crippen molar-refractivity contribution in [1.82, 2.24) is 0 Å². The maximum Gasteiger partial charge on any atom is 0.397 e. The average Bonchev–Trinajstić information content (AvgIpc) is 2.87. The smallest absolute Gasteiger partial charge is 0.382 e. The zero-order valence-corrected chi connectivity index (χ0v) is 17.8. The van der Waals surface area contributed by atoms with Gasteiger partial charge in [-0.25, -0.2) is 4.18 Å². The maximum atomic E-state index is 12.3. The van der Waals surface area contributed by atoms with Crippen LogP contribution in [0.25, 0.3) is 0 Å². The van der Waals surface area contributed by atoms with E-state index in [1.807, 2.05) is 0 Å². The number of hydrogen-bond acceptors (Lipinski definition) is 5. The molecule has 1 unspecified atom stereocenters. The van der Waals surface area contributed by atoms with E-state index in [9.17, 15) is 18.3 Å². The lowest BCUT2D eigenvalue weighted by molar-refractivity contribution is -0.159. The molecule has 158 valence electrons. The van der Waals surface area contributed by atoms with Crippen LogP contribution in [0.4, 0.5) is 0 Å². The van der Waals surface area contributed by atoms with E-state index in [-0.39, 0.29) is 16.6 Å². The number of rotatable bonds is 3. The molecule has 0 spiro atoms. The Morgan fingerprint density at radius 1 is 1.14 bits per heavy atom. The summed E-state index contributed by atoms with van der Waals surface area (Å²) in [5.74, 6) is 1.16. The van der Waals surface area contributed by atoms with Gasteiger partial charge in [0.15, 0.2) is 5.78 Å². The summed E-state index contributed by atoms with van der Waals surface area (Å²) < 4.78 is 36.1. The lowest BCUT2D eigenvalue weighted by atomic mass is 9.47. The monoisotopic (exact) mass is 412 g/mol. The highest BCUT2D eigenvalue weighted by Crippen LogP contribution is 2.67. The molecule has 4 rings (SSSR count). The van der Waals surface area contributed by atoms with E-state index in [0.29, 0.717) is 37.0 Å². The lowest BCUT2D eigenvalue weighted by Crippen LogP contribution is -2.57. The SMILES string of the molecule is CC(=O)[C@@]1(O)CC[C@H]2[C@@H]3CC=C4CC(OS(=O)(=O)O)CC[C@]4(C)[C@H]3CC[C@@]21C. The van der Waals surface area contributed by atoms with E-state index in [4.69, 9.17) is 8.74 Å². The molecule has 0 saturated heterocycles. The molecular weight excluding hydrogens is 380 g/mol. The van der Waals surface area contributed by atoms with E-state index in [1.165, 1.54) is 12.5 Å². The van der Waals surface area contributed by atoms with Gasteiger partial charge in [0.2, 0.25) is 0 Å². The first kappa shape index (κ1) is 20.5. The van der Waals surface area contributed by atoms with Crippen LogP contribution >= 0.6 is 0 Å². The molecule has 3 fully saturated rings. The van der Waals surface area contributed by atoms with Crippen LogP contribution in [-0.2, 0) is 19.4 Å². The molecule has 4 aliphatic carbocycles. The summed E-state index contributed by atoms with van der Waals surface area (Å²) in [7, 11) is -4.43. The Morgan fingerprint density at radius 2 is 1.82 bits per heavy atom. The molecule has 0 aliphatic heterocycles. The molecule has 0 aromatic carbocycles. The standard InChI is InChI=1S/C21H32O6S/c1-13(22)21(23)11-8-18-16-5-4-14-12-15(27-28(24,25)26)6-9-19(14,2)17(16)7-10-20(18,21)3/h4,15-18,23H,5-12H2,1-3H3,(H,24,25,26)/t15?,16-,17+,18+,19+,20+,21+/m1/s1. The normalized spacial score (nSPS) is 48.2. The first-order valence-electron chi connectivity index (χ1n) is 10.5. The van der Waals surface area contributed by atoms with Crippen LogP contribution in [0.5, 0.6) is 0 Å². The van der Waals surface area contributed by atoms with Crippen molar-refractivity contribution in [3.63, 3.8) is 0 Å². The summed E-state index contributed by atoms with van der Waals surface area (Å²) in [5.41, 5.74) is -0.307. The van der Waals surface area contributed by atoms with Crippen LogP contribution in [-0.4, -0.2) is 35.6 Å². The minimum Gasteiger partial charge on any atom is -0.382 e. The number of carbonyl (C=O) groups excluding carboxylic acids is 1. The Bertz CT molecular complexity index is 819. The van der Waals surface area contributed by atoms with Crippen LogP contribution in [0.15, 0.2) is 11.6 Å². The number of fused-ring (bicyclic) bond motifs is 5. The van der Waals surface area contributed by atoms with E-state index in [0.717, 1.165) is 32.1 Å². The first-order chi connectivity index (χ1) is 12.9. The van der Waals surface area contributed by atoms with Gasteiger partial charge in [0.05, 0.1) is 6.10 Å². The predicted molar refractivity (Wildman–Crippen MR) is 104 cm³/mol. The number of ketones is 1. The van der Waals surface area contributed by atoms with Crippen molar-refractivity contribution in [1.29, 1.82) is 0 Å². The van der Waals surface area contributed by atoms with Gasteiger partial charge in [-0.1, -0.05) is 25.5 Å². The molecule has 2 N–H and O–H groups in total. The van der Waals surface area contributed by atoms with Gasteiger partial charge >= 0.3 is 10.4 Å². The largest absolute Gasteiger partial charge is 0.397 e. The summed E-state index contributed by atoms with van der Waals surface area (Å²) in [6, 6.07) is 0. The van der Waals surface area contributed by atoms with Crippen molar-refractivity contribution in [3.05, 3.63) is 11.6 Å². The molecular formula is C21H32O6S. The van der Waals surface area contributed by atoms with Gasteiger partial charge in [0.25, 0.3) is 0 Å². The quantitative estimate of drug-likeness (QED) is 0.544. The van der Waals surface area contributed by atoms with Crippen molar-refractivity contribution in [2.75, 3.05) is 0 Å². The van der Waals surface area contributed by atoms with Crippen LogP contribution in [0.1, 0.15) is 72.1 Å². The van der Waals surface area contributed by atoms with Crippen LogP contribution < -0.4 is 0 Å². The fourth-order valence-electron chi connectivity index (χ4n) is 7.48. The Kier molecular flexibility index (Phi) is 4.66. The van der Waals surface area contributed by atoms with Crippen molar-refractivity contribution in [2.45, 2.75) is 83.8 Å². The molecule has 0 radical (unpaired) electrons. The highest BCUT2D eigenvalue weighted by molar-refractivity contribution is 7.80. The molecule has 0 amide bonds. The number of aliphatic hydroxyl groups is 1. The zero-order chi connectivity index (χ0) is 20.5. The Hall–Kier alpha value is -0.760. The molecule has 4 aliphatic rings. The summed E-state index contributed by atoms with van der Waals surface area (Å²) in [5, 5.41) is 11.2. The third-order valence-electron chi connectivity index (χ3n) is 9.05. The fraction of sp³-hybridized carbons (Fsp3) is 0.857. The molecule has 7 heteroatoms. The topological polar surface area (TPSA) is 101 Å². The van der Waals surface area contributed by atoms with Crippen LogP contribution in [0, 0.1) is 28.6 Å². The maximum absolute atomic E-state index is 12.3. The number of hydrogen-bond donors (Lipinski definition) is 2. The van der Waals surface area contributed by atoms with Crippen LogP contribution in [0.2, 0.25) is 0 Å². The minimum atomic E-state index is -4.43. The van der Waals surface area contributed by atoms with Gasteiger partial charge in [0.1, 0.15) is 5.60 Å². The second kappa shape index (κ2) is 6.37. The predicted octanol–water partition coefficient (Wildman–Crippen LogP) is 3.46. The molecule has 28 heavy (non-hydrogen) atoms. The highest BCUT2D eigenvalue weighted by Gasteiger charge is 2.65. The van der Waals surface area contributed by atoms with E-state index in [1.54, 1.807) is 0 Å². The second-order valence-corrected chi connectivity index (χ2v) is 11.1. The summed E-state index contributed by atoms with van der Waals surface area (Å²) in [6.07, 6.45) is 7.92. The number of allylic oxidation sites excluding steroid dienone is 1.